The predicted octanol–water partition coefficient (Wildman–Crippen LogP) is 2.52. The van der Waals surface area contributed by atoms with Crippen LogP contribution in [0.4, 0.5) is 10.1 Å². The third kappa shape index (κ3) is 3.56. The summed E-state index contributed by atoms with van der Waals surface area (Å²) in [5.41, 5.74) is 6.34. The minimum atomic E-state index is -0.890. The van der Waals surface area contributed by atoms with E-state index in [9.17, 15) is 14.0 Å². The van der Waals surface area contributed by atoms with E-state index >= 15 is 0 Å². The number of aryl methyl sites for hydroxylation is 1. The predicted molar refractivity (Wildman–Crippen MR) is 84.9 cm³/mol. The zero-order valence-corrected chi connectivity index (χ0v) is 13.3. The molecule has 1 aromatic carbocycles. The topological polar surface area (TPSA) is 90.0 Å². The molecule has 2 aromatic rings. The van der Waals surface area contributed by atoms with Gasteiger partial charge in [-0.25, -0.2) is 4.39 Å². The van der Waals surface area contributed by atoms with E-state index in [1.165, 1.54) is 12.1 Å². The van der Waals surface area contributed by atoms with Crippen LogP contribution in [0.15, 0.2) is 24.3 Å². The number of primary amides is 1. The zero-order chi connectivity index (χ0) is 17.1. The average molecular weight is 318 g/mol. The van der Waals surface area contributed by atoms with Crippen LogP contribution in [0.3, 0.4) is 0 Å². The third-order valence-electron chi connectivity index (χ3n) is 3.41. The first kappa shape index (κ1) is 16.7. The Morgan fingerprint density at radius 1 is 1.35 bits per heavy atom. The monoisotopic (exact) mass is 318 g/mol. The lowest BCUT2D eigenvalue weighted by Gasteiger charge is -2.08. The highest BCUT2D eigenvalue weighted by Gasteiger charge is 2.17. The van der Waals surface area contributed by atoms with Crippen LogP contribution in [0.25, 0.3) is 0 Å². The van der Waals surface area contributed by atoms with Crippen molar-refractivity contribution in [3.05, 3.63) is 47.0 Å². The first-order valence-corrected chi connectivity index (χ1v) is 7.32. The van der Waals surface area contributed by atoms with Gasteiger partial charge in [0.2, 0.25) is 0 Å². The molecule has 2 rings (SSSR count). The molecule has 2 amide bonds. The maximum absolute atomic E-state index is 13.5. The van der Waals surface area contributed by atoms with Crippen LogP contribution in [0.1, 0.15) is 53.2 Å². The van der Waals surface area contributed by atoms with Crippen molar-refractivity contribution < 1.29 is 14.0 Å². The van der Waals surface area contributed by atoms with Crippen LogP contribution in [0.5, 0.6) is 0 Å². The Morgan fingerprint density at radius 3 is 2.61 bits per heavy atom. The first-order chi connectivity index (χ1) is 10.8. The lowest BCUT2D eigenvalue weighted by Crippen LogP contribution is -2.18. The molecule has 0 radical (unpaired) electrons. The Balaban J connectivity index is 2.29. The molecule has 23 heavy (non-hydrogen) atoms. The SMILES string of the molecule is CCn1nc(C(C)C)cc1C(=O)Nc1ccc(F)c(C(N)=O)c1. The van der Waals surface area contributed by atoms with Crippen LogP contribution in [0.2, 0.25) is 0 Å². The molecule has 0 saturated heterocycles. The molecule has 0 aliphatic carbocycles. The number of halogens is 1. The minimum absolute atomic E-state index is 0.196. The fraction of sp³-hybridized carbons (Fsp3) is 0.312. The number of rotatable bonds is 5. The Bertz CT molecular complexity index is 753. The summed E-state index contributed by atoms with van der Waals surface area (Å²) < 4.78 is 15.1. The molecule has 0 aliphatic rings. The van der Waals surface area contributed by atoms with Gasteiger partial charge in [0.15, 0.2) is 0 Å². The summed E-state index contributed by atoms with van der Waals surface area (Å²) in [5.74, 6) is -1.80. The van der Waals surface area contributed by atoms with Gasteiger partial charge in [0.25, 0.3) is 11.8 Å². The van der Waals surface area contributed by atoms with Crippen LogP contribution >= 0.6 is 0 Å². The second-order valence-corrected chi connectivity index (χ2v) is 5.44. The molecule has 0 spiro atoms. The van der Waals surface area contributed by atoms with E-state index in [2.05, 4.69) is 10.4 Å². The number of nitrogens with one attached hydrogen (secondary N) is 1. The maximum atomic E-state index is 13.5. The van der Waals surface area contributed by atoms with E-state index in [4.69, 9.17) is 5.73 Å². The number of nitrogens with zero attached hydrogens (tertiary/aromatic N) is 2. The van der Waals surface area contributed by atoms with Crippen molar-refractivity contribution in [2.75, 3.05) is 5.32 Å². The summed E-state index contributed by atoms with van der Waals surface area (Å²) in [5, 5.41) is 7.01. The molecule has 1 aromatic heterocycles. The van der Waals surface area contributed by atoms with E-state index in [0.29, 0.717) is 17.9 Å². The minimum Gasteiger partial charge on any atom is -0.366 e. The number of amides is 2. The third-order valence-corrected chi connectivity index (χ3v) is 3.41. The molecule has 0 aliphatic heterocycles. The van der Waals surface area contributed by atoms with Gasteiger partial charge in [0, 0.05) is 12.2 Å². The molecule has 0 fully saturated rings. The summed E-state index contributed by atoms with van der Waals surface area (Å²) in [6, 6.07) is 5.40. The van der Waals surface area contributed by atoms with Gasteiger partial charge in [-0.1, -0.05) is 13.8 Å². The summed E-state index contributed by atoms with van der Waals surface area (Å²) in [6.45, 7) is 6.41. The number of hydrogen-bond donors (Lipinski definition) is 2. The quantitative estimate of drug-likeness (QED) is 0.887. The maximum Gasteiger partial charge on any atom is 0.273 e. The molecule has 0 unspecified atom stereocenters. The zero-order valence-electron chi connectivity index (χ0n) is 13.3. The lowest BCUT2D eigenvalue weighted by atomic mass is 10.1. The summed E-state index contributed by atoms with van der Waals surface area (Å²) >= 11 is 0. The van der Waals surface area contributed by atoms with Crippen molar-refractivity contribution in [3.63, 3.8) is 0 Å². The molecule has 6 nitrogen and oxygen atoms in total. The highest BCUT2D eigenvalue weighted by molar-refractivity contribution is 6.04. The van der Waals surface area contributed by atoms with Gasteiger partial charge in [0.1, 0.15) is 11.5 Å². The molecule has 7 heteroatoms. The van der Waals surface area contributed by atoms with Crippen molar-refractivity contribution in [2.45, 2.75) is 33.2 Å². The number of nitrogens with two attached hydrogens (primary N) is 1. The highest BCUT2D eigenvalue weighted by atomic mass is 19.1. The van der Waals surface area contributed by atoms with Crippen LogP contribution in [-0.4, -0.2) is 21.6 Å². The van der Waals surface area contributed by atoms with Crippen LogP contribution in [0, 0.1) is 5.82 Å². The number of carbonyl (C=O) groups is 2. The summed E-state index contributed by atoms with van der Waals surface area (Å²) in [4.78, 5) is 23.6. The molecule has 3 N–H and O–H groups in total. The molecule has 0 saturated carbocycles. The van der Waals surface area contributed by atoms with Gasteiger partial charge in [-0.3, -0.25) is 14.3 Å². The van der Waals surface area contributed by atoms with E-state index in [1.54, 1.807) is 10.7 Å². The van der Waals surface area contributed by atoms with Gasteiger partial charge < -0.3 is 11.1 Å². The normalized spacial score (nSPS) is 10.8. The summed E-state index contributed by atoms with van der Waals surface area (Å²) in [6.07, 6.45) is 0. The molecule has 0 bridgehead atoms. The van der Waals surface area contributed by atoms with E-state index in [1.807, 2.05) is 20.8 Å². The first-order valence-electron chi connectivity index (χ1n) is 7.32. The second kappa shape index (κ2) is 6.60. The number of aromatic nitrogens is 2. The lowest BCUT2D eigenvalue weighted by molar-refractivity contribution is 0.0991. The molecular weight excluding hydrogens is 299 g/mol. The van der Waals surface area contributed by atoms with Gasteiger partial charge >= 0.3 is 0 Å². The standard InChI is InChI=1S/C16H19FN4O2/c1-4-21-14(8-13(20-21)9(2)3)16(23)19-10-5-6-12(17)11(7-10)15(18)22/h5-9H,4H2,1-3H3,(H2,18,22)(H,19,23). The van der Waals surface area contributed by atoms with Gasteiger partial charge in [-0.15, -0.1) is 0 Å². The van der Waals surface area contributed by atoms with E-state index < -0.39 is 11.7 Å². The van der Waals surface area contributed by atoms with Crippen molar-refractivity contribution in [1.29, 1.82) is 0 Å². The molecular formula is C16H19FN4O2. The van der Waals surface area contributed by atoms with Crippen molar-refractivity contribution in [1.82, 2.24) is 9.78 Å². The Kier molecular flexibility index (Phi) is 4.78. The summed E-state index contributed by atoms with van der Waals surface area (Å²) in [7, 11) is 0. The largest absolute Gasteiger partial charge is 0.366 e. The van der Waals surface area contributed by atoms with Crippen molar-refractivity contribution >= 4 is 17.5 Å². The van der Waals surface area contributed by atoms with E-state index in [0.717, 1.165) is 11.8 Å². The van der Waals surface area contributed by atoms with Crippen LogP contribution in [-0.2, 0) is 6.54 Å². The molecule has 1 heterocycles. The average Bonchev–Trinajstić information content (AvgIpc) is 2.93. The molecule has 0 atom stereocenters. The smallest absolute Gasteiger partial charge is 0.273 e. The van der Waals surface area contributed by atoms with E-state index in [-0.39, 0.29) is 17.4 Å². The Morgan fingerprint density at radius 2 is 2.04 bits per heavy atom. The fourth-order valence-electron chi connectivity index (χ4n) is 2.13. The van der Waals surface area contributed by atoms with Crippen LogP contribution < -0.4 is 11.1 Å². The van der Waals surface area contributed by atoms with Gasteiger partial charge in [-0.2, -0.15) is 5.10 Å². The number of carbonyl (C=O) groups excluding carboxylic acids is 2. The Hall–Kier alpha value is -2.70. The number of anilines is 1. The number of hydrogen-bond acceptors (Lipinski definition) is 3. The second-order valence-electron chi connectivity index (χ2n) is 5.44. The van der Waals surface area contributed by atoms with Gasteiger partial charge in [0.05, 0.1) is 11.3 Å². The van der Waals surface area contributed by atoms with Crippen molar-refractivity contribution in [2.24, 2.45) is 5.73 Å². The highest BCUT2D eigenvalue weighted by Crippen LogP contribution is 2.18. The number of benzene rings is 1. The Labute approximate surface area is 133 Å². The fourth-order valence-corrected chi connectivity index (χ4v) is 2.13. The molecule has 122 valence electrons. The van der Waals surface area contributed by atoms with Gasteiger partial charge in [-0.05, 0) is 37.1 Å². The van der Waals surface area contributed by atoms with Crippen molar-refractivity contribution in [3.8, 4) is 0 Å².